The number of nitrogens with zero attached hydrogens (tertiary/aromatic N) is 4. The van der Waals surface area contributed by atoms with Crippen molar-refractivity contribution < 1.29 is 4.39 Å². The SMILES string of the molecule is Fc1nc(NCc2ccccc2)c2ncn(CCC3C4CC5CC(C4)CC3C5)c2n1. The maximum Gasteiger partial charge on any atom is 0.312 e. The Balaban J connectivity index is 1.20. The molecule has 4 fully saturated rings. The van der Waals surface area contributed by atoms with Gasteiger partial charge >= 0.3 is 6.08 Å². The van der Waals surface area contributed by atoms with Gasteiger partial charge in [-0.25, -0.2) is 4.98 Å². The third-order valence-electron chi connectivity index (χ3n) is 7.86. The second-order valence-electron chi connectivity index (χ2n) is 9.67. The molecule has 30 heavy (non-hydrogen) atoms. The molecule has 0 aliphatic heterocycles. The van der Waals surface area contributed by atoms with E-state index in [-0.39, 0.29) is 0 Å². The Kier molecular flexibility index (Phi) is 4.46. The summed E-state index contributed by atoms with van der Waals surface area (Å²) in [5.41, 5.74) is 2.37. The summed E-state index contributed by atoms with van der Waals surface area (Å²) in [6, 6.07) is 10.0. The zero-order chi connectivity index (χ0) is 20.1. The van der Waals surface area contributed by atoms with Crippen molar-refractivity contribution in [3.8, 4) is 0 Å². The van der Waals surface area contributed by atoms with Crippen LogP contribution in [0.1, 0.15) is 44.1 Å². The third kappa shape index (κ3) is 3.26. The molecule has 4 saturated carbocycles. The first-order valence-electron chi connectivity index (χ1n) is 11.4. The standard InChI is InChI=1S/C24H28FN5/c25-24-28-22(26-13-15-4-2-1-3-5-15)21-23(29-24)30(14-27-21)7-6-20-18-9-16-8-17(11-18)12-19(20)10-16/h1-5,14,16-20H,6-13H2,(H,26,28,29). The van der Waals surface area contributed by atoms with Gasteiger partial charge in [0.05, 0.1) is 6.33 Å². The molecule has 2 heterocycles. The van der Waals surface area contributed by atoms with Crippen LogP contribution in [0.25, 0.3) is 11.2 Å². The Bertz CT molecular complexity index is 1020. The Morgan fingerprint density at radius 1 is 0.967 bits per heavy atom. The zero-order valence-corrected chi connectivity index (χ0v) is 17.2. The number of nitrogens with one attached hydrogen (secondary N) is 1. The molecule has 4 bridgehead atoms. The quantitative estimate of drug-likeness (QED) is 0.584. The number of imidazole rings is 1. The van der Waals surface area contributed by atoms with Gasteiger partial charge in [-0.05, 0) is 73.7 Å². The Morgan fingerprint density at radius 2 is 1.70 bits per heavy atom. The van der Waals surface area contributed by atoms with E-state index in [1.165, 1.54) is 32.1 Å². The van der Waals surface area contributed by atoms with Crippen molar-refractivity contribution in [3.63, 3.8) is 0 Å². The Labute approximate surface area is 176 Å². The molecule has 4 aliphatic carbocycles. The topological polar surface area (TPSA) is 55.6 Å². The number of hydrogen-bond donors (Lipinski definition) is 1. The lowest BCUT2D eigenvalue weighted by Gasteiger charge is -2.54. The molecule has 156 valence electrons. The molecule has 1 aromatic carbocycles. The minimum atomic E-state index is -0.700. The molecule has 7 rings (SSSR count). The number of hydrogen-bond acceptors (Lipinski definition) is 4. The van der Waals surface area contributed by atoms with Crippen LogP contribution in [0.15, 0.2) is 36.7 Å². The molecule has 4 aliphatic rings. The highest BCUT2D eigenvalue weighted by Crippen LogP contribution is 2.57. The predicted octanol–water partition coefficient (Wildman–Crippen LogP) is 5.04. The lowest BCUT2D eigenvalue weighted by Crippen LogP contribution is -2.45. The number of anilines is 1. The molecule has 6 heteroatoms. The number of aromatic nitrogens is 4. The van der Waals surface area contributed by atoms with E-state index in [4.69, 9.17) is 0 Å². The molecule has 1 N–H and O–H groups in total. The van der Waals surface area contributed by atoms with E-state index in [2.05, 4.69) is 20.3 Å². The van der Waals surface area contributed by atoms with E-state index >= 15 is 0 Å². The molecule has 0 spiro atoms. The highest BCUT2D eigenvalue weighted by atomic mass is 19.1. The average Bonchev–Trinajstić information content (AvgIpc) is 3.14. The second kappa shape index (κ2) is 7.33. The van der Waals surface area contributed by atoms with Gasteiger partial charge in [0.25, 0.3) is 0 Å². The van der Waals surface area contributed by atoms with Gasteiger partial charge in [-0.1, -0.05) is 30.3 Å². The van der Waals surface area contributed by atoms with Crippen LogP contribution in [0.4, 0.5) is 10.2 Å². The maximum atomic E-state index is 14.2. The predicted molar refractivity (Wildman–Crippen MR) is 114 cm³/mol. The molecule has 3 aromatic rings. The third-order valence-corrected chi connectivity index (χ3v) is 7.86. The average molecular weight is 406 g/mol. The normalized spacial score (nSPS) is 29.6. The van der Waals surface area contributed by atoms with Crippen molar-refractivity contribution in [2.45, 2.75) is 51.6 Å². The van der Waals surface area contributed by atoms with Crippen molar-refractivity contribution in [3.05, 3.63) is 48.3 Å². The van der Waals surface area contributed by atoms with Crippen molar-refractivity contribution >= 4 is 17.0 Å². The summed E-state index contributed by atoms with van der Waals surface area (Å²) in [7, 11) is 0. The smallest absolute Gasteiger partial charge is 0.312 e. The molecule has 0 atom stereocenters. The van der Waals surface area contributed by atoms with Crippen LogP contribution in [-0.4, -0.2) is 19.5 Å². The highest BCUT2D eigenvalue weighted by Gasteiger charge is 2.47. The molecule has 5 nitrogen and oxygen atoms in total. The van der Waals surface area contributed by atoms with Crippen LogP contribution in [0.2, 0.25) is 0 Å². The number of halogens is 1. The van der Waals surface area contributed by atoms with Gasteiger partial charge in [0.1, 0.15) is 0 Å². The van der Waals surface area contributed by atoms with Crippen molar-refractivity contribution in [2.24, 2.45) is 29.6 Å². The highest BCUT2D eigenvalue weighted by molar-refractivity contribution is 5.82. The largest absolute Gasteiger partial charge is 0.364 e. The summed E-state index contributed by atoms with van der Waals surface area (Å²) >= 11 is 0. The maximum absolute atomic E-state index is 14.2. The van der Waals surface area contributed by atoms with Crippen LogP contribution >= 0.6 is 0 Å². The van der Waals surface area contributed by atoms with E-state index in [9.17, 15) is 4.39 Å². The number of fused-ring (bicyclic) bond motifs is 1. The van der Waals surface area contributed by atoms with Crippen LogP contribution in [0.5, 0.6) is 0 Å². The van der Waals surface area contributed by atoms with E-state index in [0.717, 1.165) is 48.1 Å². The van der Waals surface area contributed by atoms with Crippen LogP contribution in [0.3, 0.4) is 0 Å². The van der Waals surface area contributed by atoms with Crippen LogP contribution in [-0.2, 0) is 13.1 Å². The van der Waals surface area contributed by atoms with E-state index < -0.39 is 6.08 Å². The molecular weight excluding hydrogens is 377 g/mol. The first-order valence-corrected chi connectivity index (χ1v) is 11.4. The van der Waals surface area contributed by atoms with Gasteiger partial charge in [0, 0.05) is 13.1 Å². The second-order valence-corrected chi connectivity index (χ2v) is 9.67. The molecule has 0 radical (unpaired) electrons. The lowest BCUT2D eigenvalue weighted by molar-refractivity contribution is -0.0409. The van der Waals surface area contributed by atoms with Crippen LogP contribution < -0.4 is 5.32 Å². The molecular formula is C24H28FN5. The zero-order valence-electron chi connectivity index (χ0n) is 17.2. The van der Waals surface area contributed by atoms with E-state index in [1.54, 1.807) is 0 Å². The number of benzene rings is 1. The monoisotopic (exact) mass is 405 g/mol. The van der Waals surface area contributed by atoms with Gasteiger partial charge in [0.2, 0.25) is 0 Å². The minimum Gasteiger partial charge on any atom is -0.364 e. The van der Waals surface area contributed by atoms with Crippen molar-refractivity contribution in [1.29, 1.82) is 0 Å². The summed E-state index contributed by atoms with van der Waals surface area (Å²) in [5.74, 6) is 5.10. The minimum absolute atomic E-state index is 0.467. The first-order chi connectivity index (χ1) is 14.7. The summed E-state index contributed by atoms with van der Waals surface area (Å²) in [4.78, 5) is 12.6. The number of aryl methyl sites for hydroxylation is 1. The summed E-state index contributed by atoms with van der Waals surface area (Å²) < 4.78 is 16.2. The van der Waals surface area contributed by atoms with Crippen molar-refractivity contribution in [2.75, 3.05) is 5.32 Å². The summed E-state index contributed by atoms with van der Waals surface area (Å²) in [5, 5.41) is 3.24. The van der Waals surface area contributed by atoms with Gasteiger partial charge in [0.15, 0.2) is 17.0 Å². The van der Waals surface area contributed by atoms with Crippen molar-refractivity contribution in [1.82, 2.24) is 19.5 Å². The summed E-state index contributed by atoms with van der Waals surface area (Å²) in [6.07, 6.45) is 9.50. The molecule has 0 unspecified atom stereocenters. The van der Waals surface area contributed by atoms with E-state index in [1.807, 2.05) is 41.2 Å². The molecule has 2 aromatic heterocycles. The van der Waals surface area contributed by atoms with E-state index in [0.29, 0.717) is 23.5 Å². The Hall–Kier alpha value is -2.50. The summed E-state index contributed by atoms with van der Waals surface area (Å²) in [6.45, 7) is 1.44. The van der Waals surface area contributed by atoms with Gasteiger partial charge < -0.3 is 9.88 Å². The molecule has 0 amide bonds. The van der Waals surface area contributed by atoms with Gasteiger partial charge in [-0.3, -0.25) is 0 Å². The first kappa shape index (κ1) is 18.3. The fourth-order valence-corrected chi connectivity index (χ4v) is 6.78. The van der Waals surface area contributed by atoms with Gasteiger partial charge in [-0.2, -0.15) is 14.4 Å². The Morgan fingerprint density at radius 3 is 2.43 bits per heavy atom. The number of rotatable bonds is 6. The molecule has 0 saturated heterocycles. The van der Waals surface area contributed by atoms with Crippen LogP contribution in [0, 0.1) is 35.7 Å². The lowest BCUT2D eigenvalue weighted by atomic mass is 9.51. The van der Waals surface area contributed by atoms with Gasteiger partial charge in [-0.15, -0.1) is 0 Å². The fraction of sp³-hybridized carbons (Fsp3) is 0.542. The fourth-order valence-electron chi connectivity index (χ4n) is 6.78.